The number of rotatable bonds is 5. The fourth-order valence-electron chi connectivity index (χ4n) is 1.99. The summed E-state index contributed by atoms with van der Waals surface area (Å²) in [6.07, 6.45) is 3.88. The van der Waals surface area contributed by atoms with Gasteiger partial charge in [-0.3, -0.25) is 0 Å². The predicted molar refractivity (Wildman–Crippen MR) is 73.0 cm³/mol. The summed E-state index contributed by atoms with van der Waals surface area (Å²) in [7, 11) is 1.84. The molecule has 0 aromatic carbocycles. The average molecular weight is 277 g/mol. The Labute approximate surface area is 117 Å². The van der Waals surface area contributed by atoms with Crippen molar-refractivity contribution in [3.63, 3.8) is 0 Å². The van der Waals surface area contributed by atoms with Gasteiger partial charge in [0, 0.05) is 19.5 Å². The number of hydrogen-bond donors (Lipinski definition) is 2. The highest BCUT2D eigenvalue weighted by molar-refractivity contribution is 5.74. The quantitative estimate of drug-likeness (QED) is 0.865. The Kier molecular flexibility index (Phi) is 4.39. The number of nitrogens with one attached hydrogen (secondary N) is 2. The second kappa shape index (κ2) is 6.23. The first kappa shape index (κ1) is 14.1. The third-order valence-corrected chi connectivity index (χ3v) is 2.95. The smallest absolute Gasteiger partial charge is 0.315 e. The summed E-state index contributed by atoms with van der Waals surface area (Å²) in [6.45, 7) is 3.79. The van der Waals surface area contributed by atoms with Gasteiger partial charge < -0.3 is 19.6 Å². The van der Waals surface area contributed by atoms with Gasteiger partial charge in [0.25, 0.3) is 0 Å². The topological polar surface area (TPSA) is 85.0 Å². The summed E-state index contributed by atoms with van der Waals surface area (Å²) in [5.74, 6) is 1.55. The van der Waals surface area contributed by atoms with E-state index >= 15 is 0 Å². The standard InChI is InChI=1S/C13H19N5O2/c1-9(7-11-5-4-6-20-11)15-13(19)16-10(2)12-17-14-8-18(12)3/h4-6,8-10H,7H2,1-3H3,(H2,15,16,19)/t9-,10+/m1/s1. The van der Waals surface area contributed by atoms with Crippen LogP contribution in [0, 0.1) is 0 Å². The van der Waals surface area contributed by atoms with Gasteiger partial charge in [-0.15, -0.1) is 10.2 Å². The Balaban J connectivity index is 1.81. The minimum absolute atomic E-state index is 0.0205. The Bertz CT molecular complexity index is 549. The van der Waals surface area contributed by atoms with Crippen molar-refractivity contribution < 1.29 is 9.21 Å². The molecule has 0 saturated carbocycles. The van der Waals surface area contributed by atoms with Crippen LogP contribution in [0.5, 0.6) is 0 Å². The first-order valence-corrected chi connectivity index (χ1v) is 6.49. The van der Waals surface area contributed by atoms with Gasteiger partial charge in [-0.05, 0) is 26.0 Å². The molecule has 20 heavy (non-hydrogen) atoms. The fourth-order valence-corrected chi connectivity index (χ4v) is 1.99. The van der Waals surface area contributed by atoms with E-state index in [0.29, 0.717) is 12.2 Å². The molecule has 0 saturated heterocycles. The van der Waals surface area contributed by atoms with Crippen molar-refractivity contribution in [3.8, 4) is 0 Å². The summed E-state index contributed by atoms with van der Waals surface area (Å²) < 4.78 is 7.02. The maximum atomic E-state index is 11.9. The van der Waals surface area contributed by atoms with E-state index in [1.807, 2.05) is 33.0 Å². The molecular formula is C13H19N5O2. The van der Waals surface area contributed by atoms with Crippen molar-refractivity contribution in [3.05, 3.63) is 36.3 Å². The van der Waals surface area contributed by atoms with Crippen LogP contribution >= 0.6 is 0 Å². The lowest BCUT2D eigenvalue weighted by molar-refractivity contribution is 0.233. The van der Waals surface area contributed by atoms with E-state index in [4.69, 9.17) is 4.42 Å². The molecule has 2 heterocycles. The fraction of sp³-hybridized carbons (Fsp3) is 0.462. The number of nitrogens with zero attached hydrogens (tertiary/aromatic N) is 3. The second-order valence-electron chi connectivity index (χ2n) is 4.82. The van der Waals surface area contributed by atoms with Crippen LogP contribution in [0.4, 0.5) is 4.79 Å². The minimum Gasteiger partial charge on any atom is -0.469 e. The maximum absolute atomic E-state index is 11.9. The molecule has 2 rings (SSSR count). The highest BCUT2D eigenvalue weighted by atomic mass is 16.3. The molecule has 2 amide bonds. The van der Waals surface area contributed by atoms with E-state index in [0.717, 1.165) is 5.76 Å². The molecule has 0 spiro atoms. The SMILES string of the molecule is C[C@H](Cc1ccco1)NC(=O)N[C@@H](C)c1nncn1C. The van der Waals surface area contributed by atoms with Gasteiger partial charge in [-0.1, -0.05) is 0 Å². The van der Waals surface area contributed by atoms with Gasteiger partial charge in [0.05, 0.1) is 12.3 Å². The van der Waals surface area contributed by atoms with Crippen molar-refractivity contribution >= 4 is 6.03 Å². The van der Waals surface area contributed by atoms with E-state index in [2.05, 4.69) is 20.8 Å². The zero-order valence-corrected chi connectivity index (χ0v) is 11.8. The summed E-state index contributed by atoms with van der Waals surface area (Å²) in [4.78, 5) is 11.9. The van der Waals surface area contributed by atoms with E-state index in [9.17, 15) is 4.79 Å². The molecule has 0 aliphatic rings. The lowest BCUT2D eigenvalue weighted by atomic mass is 10.2. The van der Waals surface area contributed by atoms with Crippen LogP contribution < -0.4 is 10.6 Å². The molecule has 0 aliphatic heterocycles. The van der Waals surface area contributed by atoms with Crippen molar-refractivity contribution in [2.45, 2.75) is 32.4 Å². The van der Waals surface area contributed by atoms with Crippen molar-refractivity contribution in [2.24, 2.45) is 7.05 Å². The summed E-state index contributed by atoms with van der Waals surface area (Å²) >= 11 is 0. The van der Waals surface area contributed by atoms with E-state index in [-0.39, 0.29) is 18.1 Å². The number of carbonyl (C=O) groups is 1. The van der Waals surface area contributed by atoms with E-state index in [1.165, 1.54) is 0 Å². The van der Waals surface area contributed by atoms with Gasteiger partial charge >= 0.3 is 6.03 Å². The van der Waals surface area contributed by atoms with Gasteiger partial charge in [0.15, 0.2) is 5.82 Å². The van der Waals surface area contributed by atoms with E-state index < -0.39 is 0 Å². The van der Waals surface area contributed by atoms with Crippen LogP contribution in [0.1, 0.15) is 31.5 Å². The third kappa shape index (κ3) is 3.59. The second-order valence-corrected chi connectivity index (χ2v) is 4.82. The molecule has 2 N–H and O–H groups in total. The molecule has 2 atom stereocenters. The molecule has 0 fully saturated rings. The normalized spacial score (nSPS) is 13.8. The number of hydrogen-bond acceptors (Lipinski definition) is 4. The predicted octanol–water partition coefficient (Wildman–Crippen LogP) is 1.40. The van der Waals surface area contributed by atoms with Crippen molar-refractivity contribution in [1.82, 2.24) is 25.4 Å². The summed E-state index contributed by atoms with van der Waals surface area (Å²) in [5, 5.41) is 13.4. The van der Waals surface area contributed by atoms with Gasteiger partial charge in [0.1, 0.15) is 12.1 Å². The van der Waals surface area contributed by atoms with Crippen LogP contribution in [0.2, 0.25) is 0 Å². The van der Waals surface area contributed by atoms with Gasteiger partial charge in [0.2, 0.25) is 0 Å². The molecule has 2 aromatic rings. The number of furan rings is 1. The van der Waals surface area contributed by atoms with Crippen LogP contribution in [0.25, 0.3) is 0 Å². The molecule has 0 bridgehead atoms. The third-order valence-electron chi connectivity index (χ3n) is 2.95. The molecule has 7 heteroatoms. The molecule has 2 aromatic heterocycles. The first-order chi connectivity index (χ1) is 9.56. The van der Waals surface area contributed by atoms with Crippen molar-refractivity contribution in [1.29, 1.82) is 0 Å². The van der Waals surface area contributed by atoms with Crippen LogP contribution in [-0.4, -0.2) is 26.8 Å². The number of aryl methyl sites for hydroxylation is 1. The Hall–Kier alpha value is -2.31. The molecule has 0 aliphatic carbocycles. The molecule has 0 unspecified atom stereocenters. The lowest BCUT2D eigenvalue weighted by Crippen LogP contribution is -2.43. The van der Waals surface area contributed by atoms with Crippen LogP contribution in [0.3, 0.4) is 0 Å². The number of carbonyl (C=O) groups excluding carboxylic acids is 1. The average Bonchev–Trinajstić information content (AvgIpc) is 2.99. The maximum Gasteiger partial charge on any atom is 0.315 e. The highest BCUT2D eigenvalue weighted by Gasteiger charge is 2.15. The Morgan fingerprint density at radius 3 is 2.85 bits per heavy atom. The van der Waals surface area contributed by atoms with Gasteiger partial charge in [-0.25, -0.2) is 4.79 Å². The van der Waals surface area contributed by atoms with Crippen molar-refractivity contribution in [2.75, 3.05) is 0 Å². The highest BCUT2D eigenvalue weighted by Crippen LogP contribution is 2.07. The minimum atomic E-state index is -0.237. The molecule has 108 valence electrons. The number of urea groups is 1. The van der Waals surface area contributed by atoms with Crippen LogP contribution in [-0.2, 0) is 13.5 Å². The Morgan fingerprint density at radius 1 is 1.45 bits per heavy atom. The molecule has 0 radical (unpaired) electrons. The Morgan fingerprint density at radius 2 is 2.25 bits per heavy atom. The monoisotopic (exact) mass is 277 g/mol. The summed E-state index contributed by atoms with van der Waals surface area (Å²) in [6, 6.07) is 3.25. The number of amides is 2. The zero-order valence-electron chi connectivity index (χ0n) is 11.8. The molecule has 7 nitrogen and oxygen atoms in total. The lowest BCUT2D eigenvalue weighted by Gasteiger charge is -2.17. The largest absolute Gasteiger partial charge is 0.469 e. The zero-order chi connectivity index (χ0) is 14.5. The number of aromatic nitrogens is 3. The first-order valence-electron chi connectivity index (χ1n) is 6.49. The molecular weight excluding hydrogens is 258 g/mol. The summed E-state index contributed by atoms with van der Waals surface area (Å²) in [5.41, 5.74) is 0. The van der Waals surface area contributed by atoms with E-state index in [1.54, 1.807) is 17.2 Å². The van der Waals surface area contributed by atoms with Gasteiger partial charge in [-0.2, -0.15) is 0 Å². The van der Waals surface area contributed by atoms with Crippen LogP contribution in [0.15, 0.2) is 29.1 Å².